The van der Waals surface area contributed by atoms with E-state index in [-0.39, 0.29) is 11.7 Å². The zero-order chi connectivity index (χ0) is 21.7. The standard InChI is InChI=1S/C22H23N5O2S2/c1-29-17-9-4-3-8-16(17)27-20(18-10-7-13-30-18)25-26-21(27)31-14-19(28)24-22(15-23)11-5-2-6-12-22/h3-4,7-10,13H,2,5-6,11-12,14H2,1H3,(H,24,28). The minimum Gasteiger partial charge on any atom is -0.495 e. The number of hydrogen-bond donors (Lipinski definition) is 1. The number of nitriles is 1. The molecule has 1 aliphatic rings. The van der Waals surface area contributed by atoms with Gasteiger partial charge in [-0.1, -0.05) is 49.2 Å². The Labute approximate surface area is 189 Å². The molecule has 0 bridgehead atoms. The Morgan fingerprint density at radius 2 is 2.06 bits per heavy atom. The van der Waals surface area contributed by atoms with Gasteiger partial charge in [0.2, 0.25) is 5.91 Å². The van der Waals surface area contributed by atoms with Crippen LogP contribution in [0.5, 0.6) is 5.75 Å². The molecule has 2 aromatic heterocycles. The van der Waals surface area contributed by atoms with Crippen LogP contribution in [-0.2, 0) is 4.79 Å². The Hall–Kier alpha value is -2.83. The van der Waals surface area contributed by atoms with E-state index in [1.165, 1.54) is 11.8 Å². The first-order valence-electron chi connectivity index (χ1n) is 10.1. The zero-order valence-electron chi connectivity index (χ0n) is 17.2. The summed E-state index contributed by atoms with van der Waals surface area (Å²) in [5.74, 6) is 1.38. The fourth-order valence-corrected chi connectivity index (χ4v) is 5.26. The molecule has 1 saturated carbocycles. The lowest BCUT2D eigenvalue weighted by atomic mass is 9.83. The van der Waals surface area contributed by atoms with Crippen molar-refractivity contribution < 1.29 is 9.53 Å². The SMILES string of the molecule is COc1ccccc1-n1c(SCC(=O)NC2(C#N)CCCCC2)nnc1-c1cccs1. The van der Waals surface area contributed by atoms with Gasteiger partial charge in [0.15, 0.2) is 11.0 Å². The number of ether oxygens (including phenoxy) is 1. The summed E-state index contributed by atoms with van der Waals surface area (Å²) in [6.07, 6.45) is 4.46. The molecular formula is C22H23N5O2S2. The third kappa shape index (κ3) is 4.60. The molecule has 7 nitrogen and oxygen atoms in total. The molecule has 0 aliphatic heterocycles. The monoisotopic (exact) mass is 453 g/mol. The molecule has 1 aromatic carbocycles. The molecule has 0 radical (unpaired) electrons. The molecule has 2 heterocycles. The number of carbonyl (C=O) groups is 1. The number of thioether (sulfide) groups is 1. The number of thiophene rings is 1. The summed E-state index contributed by atoms with van der Waals surface area (Å²) in [6.45, 7) is 0. The summed E-state index contributed by atoms with van der Waals surface area (Å²) < 4.78 is 7.47. The minimum atomic E-state index is -0.742. The van der Waals surface area contributed by atoms with Crippen LogP contribution >= 0.6 is 23.1 Å². The number of nitrogens with one attached hydrogen (secondary N) is 1. The molecular weight excluding hydrogens is 430 g/mol. The molecule has 4 rings (SSSR count). The molecule has 160 valence electrons. The third-order valence-corrected chi connectivity index (χ3v) is 7.13. The van der Waals surface area contributed by atoms with Crippen molar-refractivity contribution in [3.8, 4) is 28.2 Å². The number of amides is 1. The van der Waals surface area contributed by atoms with Crippen LogP contribution in [0.4, 0.5) is 0 Å². The predicted molar refractivity (Wildman–Crippen MR) is 122 cm³/mol. The molecule has 9 heteroatoms. The second-order valence-corrected chi connectivity index (χ2v) is 9.27. The summed E-state index contributed by atoms with van der Waals surface area (Å²) >= 11 is 2.88. The number of methoxy groups -OCH3 is 1. The molecule has 1 N–H and O–H groups in total. The van der Waals surface area contributed by atoms with Gasteiger partial charge < -0.3 is 10.1 Å². The van der Waals surface area contributed by atoms with Crippen LogP contribution in [0.2, 0.25) is 0 Å². The number of carbonyl (C=O) groups excluding carboxylic acids is 1. The topological polar surface area (TPSA) is 92.8 Å². The minimum absolute atomic E-state index is 0.154. The van der Waals surface area contributed by atoms with Crippen LogP contribution in [0.1, 0.15) is 32.1 Å². The van der Waals surface area contributed by atoms with Gasteiger partial charge in [0.05, 0.1) is 29.5 Å². The maximum atomic E-state index is 12.7. The first kappa shape index (κ1) is 21.4. The number of para-hydroxylation sites is 2. The second kappa shape index (κ2) is 9.54. The van der Waals surface area contributed by atoms with Crippen molar-refractivity contribution in [3.63, 3.8) is 0 Å². The normalized spacial score (nSPS) is 15.2. The lowest BCUT2D eigenvalue weighted by Gasteiger charge is -2.31. The van der Waals surface area contributed by atoms with E-state index in [1.54, 1.807) is 18.4 Å². The number of hydrogen-bond acceptors (Lipinski definition) is 7. The summed E-state index contributed by atoms with van der Waals surface area (Å²) in [5, 5.41) is 23.9. The Morgan fingerprint density at radius 1 is 1.26 bits per heavy atom. The van der Waals surface area contributed by atoms with E-state index in [2.05, 4.69) is 21.6 Å². The summed E-state index contributed by atoms with van der Waals surface area (Å²) in [5.41, 5.74) is 0.0658. The molecule has 1 fully saturated rings. The average molecular weight is 454 g/mol. The number of aromatic nitrogens is 3. The quantitative estimate of drug-likeness (QED) is 0.532. The highest BCUT2D eigenvalue weighted by Gasteiger charge is 2.33. The van der Waals surface area contributed by atoms with Gasteiger partial charge in [0.25, 0.3) is 0 Å². The van der Waals surface area contributed by atoms with Gasteiger partial charge in [-0.3, -0.25) is 9.36 Å². The van der Waals surface area contributed by atoms with Gasteiger partial charge >= 0.3 is 0 Å². The van der Waals surface area contributed by atoms with Crippen LogP contribution in [-0.4, -0.2) is 39.1 Å². The van der Waals surface area contributed by atoms with Crippen molar-refractivity contribution in [2.45, 2.75) is 42.8 Å². The van der Waals surface area contributed by atoms with Crippen molar-refractivity contribution in [1.29, 1.82) is 5.26 Å². The van der Waals surface area contributed by atoms with Gasteiger partial charge in [-0.05, 0) is 36.4 Å². The van der Waals surface area contributed by atoms with E-state index < -0.39 is 5.54 Å². The van der Waals surface area contributed by atoms with Crippen LogP contribution in [0, 0.1) is 11.3 Å². The Morgan fingerprint density at radius 3 is 2.77 bits per heavy atom. The maximum absolute atomic E-state index is 12.7. The highest BCUT2D eigenvalue weighted by Crippen LogP contribution is 2.34. The van der Waals surface area contributed by atoms with E-state index in [0.717, 1.165) is 29.8 Å². The van der Waals surface area contributed by atoms with Crippen LogP contribution < -0.4 is 10.1 Å². The van der Waals surface area contributed by atoms with Crippen molar-refractivity contribution in [3.05, 3.63) is 41.8 Å². The smallest absolute Gasteiger partial charge is 0.231 e. The predicted octanol–water partition coefficient (Wildman–Crippen LogP) is 4.44. The molecule has 0 atom stereocenters. The summed E-state index contributed by atoms with van der Waals surface area (Å²) in [4.78, 5) is 13.7. The lowest BCUT2D eigenvalue weighted by Crippen LogP contribution is -2.49. The lowest BCUT2D eigenvalue weighted by molar-refractivity contribution is -0.120. The van der Waals surface area contributed by atoms with Crippen LogP contribution in [0.25, 0.3) is 16.4 Å². The van der Waals surface area contributed by atoms with Crippen LogP contribution in [0.3, 0.4) is 0 Å². The highest BCUT2D eigenvalue weighted by molar-refractivity contribution is 7.99. The van der Waals surface area contributed by atoms with E-state index in [4.69, 9.17) is 4.74 Å². The van der Waals surface area contributed by atoms with E-state index in [9.17, 15) is 10.1 Å². The van der Waals surface area contributed by atoms with Crippen molar-refractivity contribution in [2.24, 2.45) is 0 Å². The van der Waals surface area contributed by atoms with Gasteiger partial charge in [-0.15, -0.1) is 21.5 Å². The first-order valence-corrected chi connectivity index (χ1v) is 12.0. The average Bonchev–Trinajstić information content (AvgIpc) is 3.48. The molecule has 0 spiro atoms. The summed E-state index contributed by atoms with van der Waals surface area (Å²) in [7, 11) is 1.62. The van der Waals surface area contributed by atoms with Crippen molar-refractivity contribution >= 4 is 29.0 Å². The van der Waals surface area contributed by atoms with Gasteiger partial charge in [-0.2, -0.15) is 5.26 Å². The Balaban J connectivity index is 1.59. The highest BCUT2D eigenvalue weighted by atomic mass is 32.2. The molecule has 0 saturated heterocycles. The molecule has 1 amide bonds. The fourth-order valence-electron chi connectivity index (χ4n) is 3.81. The Kier molecular flexibility index (Phi) is 6.59. The molecule has 1 aliphatic carbocycles. The van der Waals surface area contributed by atoms with Crippen molar-refractivity contribution in [1.82, 2.24) is 20.1 Å². The van der Waals surface area contributed by atoms with Gasteiger partial charge in [0, 0.05) is 0 Å². The summed E-state index contributed by atoms with van der Waals surface area (Å²) in [6, 6.07) is 13.9. The second-order valence-electron chi connectivity index (χ2n) is 7.38. The maximum Gasteiger partial charge on any atom is 0.231 e. The zero-order valence-corrected chi connectivity index (χ0v) is 18.8. The third-order valence-electron chi connectivity index (χ3n) is 5.33. The largest absolute Gasteiger partial charge is 0.495 e. The Bertz CT molecular complexity index is 1080. The van der Waals surface area contributed by atoms with Crippen molar-refractivity contribution in [2.75, 3.05) is 12.9 Å². The molecule has 31 heavy (non-hydrogen) atoms. The number of nitrogens with zero attached hydrogens (tertiary/aromatic N) is 4. The van der Waals surface area contributed by atoms with E-state index in [1.807, 2.05) is 46.3 Å². The van der Waals surface area contributed by atoms with E-state index in [0.29, 0.717) is 29.6 Å². The molecule has 0 unspecified atom stereocenters. The van der Waals surface area contributed by atoms with Crippen LogP contribution in [0.15, 0.2) is 46.9 Å². The fraction of sp³-hybridized carbons (Fsp3) is 0.364. The van der Waals surface area contributed by atoms with Gasteiger partial charge in [0.1, 0.15) is 11.3 Å². The number of benzene rings is 1. The van der Waals surface area contributed by atoms with E-state index >= 15 is 0 Å². The number of rotatable bonds is 7. The van der Waals surface area contributed by atoms with Gasteiger partial charge in [-0.25, -0.2) is 0 Å². The first-order chi connectivity index (χ1) is 15.2. The molecule has 3 aromatic rings.